The molecule has 3 rings (SSSR count). The molecular weight excluding hydrogens is 472 g/mol. The van der Waals surface area contributed by atoms with Gasteiger partial charge in [-0.15, -0.1) is 0 Å². The van der Waals surface area contributed by atoms with Crippen LogP contribution in [0.15, 0.2) is 36.4 Å². The first-order valence-electron chi connectivity index (χ1n) is 10.6. The van der Waals surface area contributed by atoms with E-state index in [2.05, 4.69) is 10.6 Å². The number of benzene rings is 2. The van der Waals surface area contributed by atoms with Gasteiger partial charge >= 0.3 is 12.1 Å². The second kappa shape index (κ2) is 10.0. The van der Waals surface area contributed by atoms with Gasteiger partial charge in [0, 0.05) is 5.56 Å². The van der Waals surface area contributed by atoms with E-state index in [0.29, 0.717) is 22.3 Å². The predicted octanol–water partition coefficient (Wildman–Crippen LogP) is 3.60. The van der Waals surface area contributed by atoms with Crippen molar-refractivity contribution in [2.75, 3.05) is 20.3 Å². The van der Waals surface area contributed by atoms with Crippen LogP contribution < -0.4 is 10.6 Å². The summed E-state index contributed by atoms with van der Waals surface area (Å²) in [7, 11) is 1.25. The van der Waals surface area contributed by atoms with Gasteiger partial charge in [-0.25, -0.2) is 9.18 Å². The molecule has 7 nitrogen and oxygen atoms in total. The van der Waals surface area contributed by atoms with Crippen molar-refractivity contribution in [1.82, 2.24) is 10.6 Å². The Balaban J connectivity index is 1.79. The normalized spacial score (nSPS) is 15.5. The maximum absolute atomic E-state index is 15.1. The van der Waals surface area contributed by atoms with Crippen LogP contribution in [0.4, 0.5) is 17.6 Å². The zero-order valence-corrected chi connectivity index (χ0v) is 19.2. The molecule has 35 heavy (non-hydrogen) atoms. The number of alkyl halides is 3. The first-order chi connectivity index (χ1) is 16.4. The third-order valence-electron chi connectivity index (χ3n) is 5.66. The number of carbonyl (C=O) groups is 3. The Morgan fingerprint density at radius 2 is 1.86 bits per heavy atom. The highest BCUT2D eigenvalue weighted by atomic mass is 19.4. The summed E-state index contributed by atoms with van der Waals surface area (Å²) in [5.74, 6) is -3.39. The summed E-state index contributed by atoms with van der Waals surface area (Å²) >= 11 is 0. The number of rotatable bonds is 7. The summed E-state index contributed by atoms with van der Waals surface area (Å²) in [6.07, 6.45) is -6.46. The number of ether oxygens (including phenoxy) is 2. The molecule has 11 heteroatoms. The molecule has 0 radical (unpaired) electrons. The maximum Gasteiger partial charge on any atom is 0.397 e. The number of hydrogen-bond donors (Lipinski definition) is 2. The quantitative estimate of drug-likeness (QED) is 0.451. The van der Waals surface area contributed by atoms with Gasteiger partial charge in [0.15, 0.2) is 5.54 Å². The number of methoxy groups -OCH3 is 1. The molecule has 1 fully saturated rings. The van der Waals surface area contributed by atoms with E-state index < -0.39 is 47.8 Å². The minimum atomic E-state index is -4.73. The fourth-order valence-electron chi connectivity index (χ4n) is 3.80. The van der Waals surface area contributed by atoms with Gasteiger partial charge in [0.25, 0.3) is 5.91 Å². The van der Waals surface area contributed by atoms with Gasteiger partial charge < -0.3 is 20.1 Å². The van der Waals surface area contributed by atoms with Crippen molar-refractivity contribution in [2.24, 2.45) is 0 Å². The largest absolute Gasteiger partial charge is 0.465 e. The standard InChI is InChI=1S/C24H24F4N2O5/c1-13-5-4-6-17(20(13)21(32)34-3)15-7-8-16(18(25)9-15)14(2)29-22(33)23(11-35-12-23)30-19(31)10-24(26,27)28/h4-9,14H,10-12H2,1-3H3,(H,29,33)(H,30,31)/t14-/m1/s1. The van der Waals surface area contributed by atoms with Crippen LogP contribution in [0.3, 0.4) is 0 Å². The van der Waals surface area contributed by atoms with Crippen molar-refractivity contribution in [1.29, 1.82) is 0 Å². The molecule has 2 N–H and O–H groups in total. The zero-order valence-electron chi connectivity index (χ0n) is 19.2. The van der Waals surface area contributed by atoms with E-state index in [9.17, 15) is 27.6 Å². The van der Waals surface area contributed by atoms with Crippen molar-refractivity contribution in [2.45, 2.75) is 38.0 Å². The summed E-state index contributed by atoms with van der Waals surface area (Å²) in [5, 5.41) is 4.61. The molecular formula is C24H24F4N2O5. The van der Waals surface area contributed by atoms with Crippen LogP contribution in [0, 0.1) is 12.7 Å². The highest BCUT2D eigenvalue weighted by molar-refractivity contribution is 5.98. The van der Waals surface area contributed by atoms with Crippen LogP contribution in [-0.2, 0) is 19.1 Å². The number of hydrogen-bond acceptors (Lipinski definition) is 5. The third kappa shape index (κ3) is 5.79. The average Bonchev–Trinajstić information content (AvgIpc) is 2.74. The van der Waals surface area contributed by atoms with Crippen molar-refractivity contribution < 1.29 is 41.4 Å². The number of amides is 2. The molecule has 2 aromatic carbocycles. The van der Waals surface area contributed by atoms with Crippen molar-refractivity contribution >= 4 is 17.8 Å². The van der Waals surface area contributed by atoms with E-state index in [1.807, 2.05) is 0 Å². The van der Waals surface area contributed by atoms with Crippen molar-refractivity contribution in [3.05, 3.63) is 58.9 Å². The molecule has 1 atom stereocenters. The predicted molar refractivity (Wildman–Crippen MR) is 117 cm³/mol. The van der Waals surface area contributed by atoms with E-state index in [4.69, 9.17) is 9.47 Å². The first kappa shape index (κ1) is 26.1. The Morgan fingerprint density at radius 3 is 2.40 bits per heavy atom. The number of aryl methyl sites for hydroxylation is 1. The fraction of sp³-hybridized carbons (Fsp3) is 0.375. The van der Waals surface area contributed by atoms with Crippen molar-refractivity contribution in [3.8, 4) is 11.1 Å². The Hall–Kier alpha value is -3.47. The Labute approximate surface area is 198 Å². The van der Waals surface area contributed by atoms with Crippen LogP contribution in [0.25, 0.3) is 11.1 Å². The van der Waals surface area contributed by atoms with E-state index in [-0.39, 0.29) is 18.8 Å². The third-order valence-corrected chi connectivity index (χ3v) is 5.66. The molecule has 0 unspecified atom stereocenters. The highest BCUT2D eigenvalue weighted by Gasteiger charge is 2.48. The molecule has 0 bridgehead atoms. The Morgan fingerprint density at radius 1 is 1.17 bits per heavy atom. The first-order valence-corrected chi connectivity index (χ1v) is 10.6. The Kier molecular flexibility index (Phi) is 7.49. The summed E-state index contributed by atoms with van der Waals surface area (Å²) in [6, 6.07) is 8.45. The van der Waals surface area contributed by atoms with Gasteiger partial charge in [-0.05, 0) is 36.6 Å². The van der Waals surface area contributed by atoms with Crippen LogP contribution >= 0.6 is 0 Å². The Bertz CT molecular complexity index is 1150. The maximum atomic E-state index is 15.1. The summed E-state index contributed by atoms with van der Waals surface area (Å²) in [6.45, 7) is 2.61. The lowest BCUT2D eigenvalue weighted by Gasteiger charge is -2.41. The molecule has 1 heterocycles. The van der Waals surface area contributed by atoms with E-state index in [0.717, 1.165) is 0 Å². The van der Waals surface area contributed by atoms with E-state index in [1.165, 1.54) is 26.2 Å². The molecule has 0 saturated carbocycles. The monoisotopic (exact) mass is 496 g/mol. The average molecular weight is 496 g/mol. The lowest BCUT2D eigenvalue weighted by atomic mass is 9.93. The van der Waals surface area contributed by atoms with Gasteiger partial charge in [-0.1, -0.05) is 30.3 Å². The second-order valence-electron chi connectivity index (χ2n) is 8.34. The van der Waals surface area contributed by atoms with Crippen LogP contribution in [0.5, 0.6) is 0 Å². The minimum Gasteiger partial charge on any atom is -0.465 e. The number of carbonyl (C=O) groups excluding carboxylic acids is 3. The number of halogens is 4. The molecule has 188 valence electrons. The molecule has 0 spiro atoms. The number of nitrogens with one attached hydrogen (secondary N) is 2. The van der Waals surface area contributed by atoms with E-state index in [1.54, 1.807) is 31.2 Å². The topological polar surface area (TPSA) is 93.7 Å². The smallest absolute Gasteiger partial charge is 0.397 e. The highest BCUT2D eigenvalue weighted by Crippen LogP contribution is 2.30. The molecule has 2 aromatic rings. The minimum absolute atomic E-state index is 0.103. The summed E-state index contributed by atoms with van der Waals surface area (Å²) in [4.78, 5) is 36.7. The second-order valence-corrected chi connectivity index (χ2v) is 8.34. The lowest BCUT2D eigenvalue weighted by Crippen LogP contribution is -2.70. The molecule has 0 aromatic heterocycles. The summed E-state index contributed by atoms with van der Waals surface area (Å²) < 4.78 is 62.3. The van der Waals surface area contributed by atoms with Crippen LogP contribution in [-0.4, -0.2) is 49.8 Å². The van der Waals surface area contributed by atoms with Crippen LogP contribution in [0.2, 0.25) is 0 Å². The van der Waals surface area contributed by atoms with Crippen molar-refractivity contribution in [3.63, 3.8) is 0 Å². The lowest BCUT2D eigenvalue weighted by molar-refractivity contribution is -0.166. The molecule has 1 aliphatic heterocycles. The van der Waals surface area contributed by atoms with Gasteiger partial charge in [0.2, 0.25) is 5.91 Å². The van der Waals surface area contributed by atoms with Crippen LogP contribution in [0.1, 0.15) is 40.9 Å². The fourth-order valence-corrected chi connectivity index (χ4v) is 3.80. The van der Waals surface area contributed by atoms with E-state index >= 15 is 4.39 Å². The molecule has 2 amide bonds. The SMILES string of the molecule is COC(=O)c1c(C)cccc1-c1ccc([C@@H](C)NC(=O)C2(NC(=O)CC(F)(F)F)COC2)c(F)c1. The summed E-state index contributed by atoms with van der Waals surface area (Å²) in [5.41, 5.74) is 0.273. The van der Waals surface area contributed by atoms with Gasteiger partial charge in [0.1, 0.15) is 12.2 Å². The van der Waals surface area contributed by atoms with Gasteiger partial charge in [-0.2, -0.15) is 13.2 Å². The zero-order chi connectivity index (χ0) is 26.0. The molecule has 0 aliphatic carbocycles. The molecule has 1 saturated heterocycles. The van der Waals surface area contributed by atoms with Gasteiger partial charge in [-0.3, -0.25) is 9.59 Å². The molecule has 1 aliphatic rings. The van der Waals surface area contributed by atoms with Gasteiger partial charge in [0.05, 0.1) is 31.9 Å². The number of esters is 1.